The third-order valence-corrected chi connectivity index (χ3v) is 3.15. The zero-order chi connectivity index (χ0) is 12.8. The fourth-order valence-corrected chi connectivity index (χ4v) is 2.20. The van der Waals surface area contributed by atoms with Gasteiger partial charge in [0.25, 0.3) is 0 Å². The van der Waals surface area contributed by atoms with Crippen molar-refractivity contribution in [3.05, 3.63) is 11.6 Å². The molecule has 3 nitrogen and oxygen atoms in total. The summed E-state index contributed by atoms with van der Waals surface area (Å²) in [5.74, 6) is 0.146. The van der Waals surface area contributed by atoms with Gasteiger partial charge in [-0.1, -0.05) is 12.0 Å². The normalized spacial score (nSPS) is 20.2. The molecule has 1 atom stereocenters. The summed E-state index contributed by atoms with van der Waals surface area (Å²) in [6, 6.07) is 0.738. The summed E-state index contributed by atoms with van der Waals surface area (Å²) in [5, 5.41) is 3.50. The molecule has 0 aromatic carbocycles. The van der Waals surface area contributed by atoms with Gasteiger partial charge >= 0.3 is 0 Å². The first-order valence-electron chi connectivity index (χ1n) is 6.69. The van der Waals surface area contributed by atoms with Crippen molar-refractivity contribution >= 4 is 5.91 Å². The van der Waals surface area contributed by atoms with E-state index in [1.807, 2.05) is 18.7 Å². The lowest BCUT2D eigenvalue weighted by molar-refractivity contribution is -0.128. The minimum atomic E-state index is 0.146. The van der Waals surface area contributed by atoms with Crippen LogP contribution >= 0.6 is 0 Å². The Balaban J connectivity index is 2.59. The van der Waals surface area contributed by atoms with Crippen LogP contribution in [-0.4, -0.2) is 36.0 Å². The SMILES string of the molecule is CC(C)=CC(=O)N(CC1CCCCN1)C(C)C. The number of carbonyl (C=O) groups is 1. The second-order valence-electron chi connectivity index (χ2n) is 5.45. The lowest BCUT2D eigenvalue weighted by atomic mass is 10.0. The molecule has 3 heteroatoms. The Bertz CT molecular complexity index is 274. The van der Waals surface area contributed by atoms with Crippen molar-refractivity contribution in [1.29, 1.82) is 0 Å². The predicted octanol–water partition coefficient (Wildman–Crippen LogP) is 2.33. The molecule has 1 amide bonds. The van der Waals surface area contributed by atoms with Gasteiger partial charge in [0.05, 0.1) is 0 Å². The Kier molecular flexibility index (Phi) is 5.69. The highest BCUT2D eigenvalue weighted by Crippen LogP contribution is 2.11. The van der Waals surface area contributed by atoms with Crippen LogP contribution in [-0.2, 0) is 4.79 Å². The van der Waals surface area contributed by atoms with Crippen LogP contribution in [0.5, 0.6) is 0 Å². The number of allylic oxidation sites excluding steroid dienone is 1. The molecular weight excluding hydrogens is 212 g/mol. The van der Waals surface area contributed by atoms with Crippen LogP contribution in [0.1, 0.15) is 47.0 Å². The van der Waals surface area contributed by atoms with Crippen molar-refractivity contribution in [1.82, 2.24) is 10.2 Å². The number of nitrogens with zero attached hydrogens (tertiary/aromatic N) is 1. The van der Waals surface area contributed by atoms with Gasteiger partial charge in [-0.25, -0.2) is 0 Å². The zero-order valence-corrected chi connectivity index (χ0v) is 11.6. The number of nitrogens with one attached hydrogen (secondary N) is 1. The molecule has 0 aromatic rings. The molecule has 1 aliphatic rings. The van der Waals surface area contributed by atoms with E-state index in [2.05, 4.69) is 19.2 Å². The van der Waals surface area contributed by atoms with Gasteiger partial charge in [-0.05, 0) is 47.1 Å². The van der Waals surface area contributed by atoms with Crippen LogP contribution in [0, 0.1) is 0 Å². The maximum absolute atomic E-state index is 12.1. The lowest BCUT2D eigenvalue weighted by Gasteiger charge is -2.32. The molecule has 0 bridgehead atoms. The molecule has 1 rings (SSSR count). The summed E-state index contributed by atoms with van der Waals surface area (Å²) in [7, 11) is 0. The number of hydrogen-bond acceptors (Lipinski definition) is 2. The molecule has 1 saturated heterocycles. The molecule has 0 aromatic heterocycles. The number of amides is 1. The van der Waals surface area contributed by atoms with Crippen molar-refractivity contribution in [2.45, 2.75) is 59.0 Å². The molecular formula is C14H26N2O. The average molecular weight is 238 g/mol. The van der Waals surface area contributed by atoms with Gasteiger partial charge < -0.3 is 10.2 Å². The third-order valence-electron chi connectivity index (χ3n) is 3.15. The van der Waals surface area contributed by atoms with Crippen molar-refractivity contribution < 1.29 is 4.79 Å². The Morgan fingerprint density at radius 2 is 2.12 bits per heavy atom. The highest BCUT2D eigenvalue weighted by Gasteiger charge is 2.21. The van der Waals surface area contributed by atoms with E-state index in [4.69, 9.17) is 0 Å². The molecule has 0 spiro atoms. The van der Waals surface area contributed by atoms with Gasteiger partial charge in [0, 0.05) is 24.7 Å². The second-order valence-corrected chi connectivity index (χ2v) is 5.45. The maximum Gasteiger partial charge on any atom is 0.246 e. The summed E-state index contributed by atoms with van der Waals surface area (Å²) < 4.78 is 0. The van der Waals surface area contributed by atoms with E-state index < -0.39 is 0 Å². The Labute approximate surface area is 105 Å². The molecule has 1 fully saturated rings. The lowest BCUT2D eigenvalue weighted by Crippen LogP contribution is -2.47. The second kappa shape index (κ2) is 6.80. The number of rotatable bonds is 4. The monoisotopic (exact) mass is 238 g/mol. The van der Waals surface area contributed by atoms with Gasteiger partial charge in [0.2, 0.25) is 5.91 Å². The largest absolute Gasteiger partial charge is 0.335 e. The first kappa shape index (κ1) is 14.2. The van der Waals surface area contributed by atoms with E-state index in [0.717, 1.165) is 18.7 Å². The minimum absolute atomic E-state index is 0.146. The van der Waals surface area contributed by atoms with Crippen LogP contribution in [0.15, 0.2) is 11.6 Å². The first-order valence-corrected chi connectivity index (χ1v) is 6.69. The zero-order valence-electron chi connectivity index (χ0n) is 11.6. The molecule has 0 radical (unpaired) electrons. The van der Waals surface area contributed by atoms with Crippen LogP contribution in [0.2, 0.25) is 0 Å². The summed E-state index contributed by atoms with van der Waals surface area (Å²) in [5.41, 5.74) is 1.07. The summed E-state index contributed by atoms with van der Waals surface area (Å²) in [4.78, 5) is 14.1. The van der Waals surface area contributed by atoms with Gasteiger partial charge in [-0.2, -0.15) is 0 Å². The maximum atomic E-state index is 12.1. The molecule has 1 N–H and O–H groups in total. The Morgan fingerprint density at radius 3 is 2.59 bits per heavy atom. The van der Waals surface area contributed by atoms with Crippen molar-refractivity contribution in [3.63, 3.8) is 0 Å². The van der Waals surface area contributed by atoms with Crippen LogP contribution in [0.25, 0.3) is 0 Å². The third kappa shape index (κ3) is 4.90. The van der Waals surface area contributed by atoms with Crippen LogP contribution in [0.3, 0.4) is 0 Å². The van der Waals surface area contributed by atoms with Gasteiger partial charge in [0.15, 0.2) is 0 Å². The minimum Gasteiger partial charge on any atom is -0.335 e. The summed E-state index contributed by atoms with van der Waals surface area (Å²) in [6.07, 6.45) is 5.47. The Hall–Kier alpha value is -0.830. The van der Waals surface area contributed by atoms with Gasteiger partial charge in [-0.3, -0.25) is 4.79 Å². The van der Waals surface area contributed by atoms with E-state index in [0.29, 0.717) is 6.04 Å². The van der Waals surface area contributed by atoms with Gasteiger partial charge in [-0.15, -0.1) is 0 Å². The standard InChI is InChI=1S/C14H26N2O/c1-11(2)9-14(17)16(12(3)4)10-13-7-5-6-8-15-13/h9,12-13,15H,5-8,10H2,1-4H3. The highest BCUT2D eigenvalue weighted by atomic mass is 16.2. The number of hydrogen-bond donors (Lipinski definition) is 1. The molecule has 17 heavy (non-hydrogen) atoms. The van der Waals surface area contributed by atoms with Crippen LogP contribution < -0.4 is 5.32 Å². The fraction of sp³-hybridized carbons (Fsp3) is 0.786. The predicted molar refractivity (Wildman–Crippen MR) is 71.9 cm³/mol. The highest BCUT2D eigenvalue weighted by molar-refractivity contribution is 5.88. The molecule has 0 aliphatic carbocycles. The van der Waals surface area contributed by atoms with Crippen LogP contribution in [0.4, 0.5) is 0 Å². The van der Waals surface area contributed by atoms with E-state index >= 15 is 0 Å². The molecule has 1 heterocycles. The Morgan fingerprint density at radius 1 is 1.41 bits per heavy atom. The number of piperidine rings is 1. The van der Waals surface area contributed by atoms with Crippen molar-refractivity contribution in [2.24, 2.45) is 0 Å². The molecule has 1 aliphatic heterocycles. The fourth-order valence-electron chi connectivity index (χ4n) is 2.20. The van der Waals surface area contributed by atoms with E-state index in [1.54, 1.807) is 6.08 Å². The average Bonchev–Trinajstić information content (AvgIpc) is 2.25. The number of carbonyl (C=O) groups excluding carboxylic acids is 1. The van der Waals surface area contributed by atoms with Gasteiger partial charge in [0.1, 0.15) is 0 Å². The topological polar surface area (TPSA) is 32.3 Å². The van der Waals surface area contributed by atoms with Crippen molar-refractivity contribution in [3.8, 4) is 0 Å². The smallest absolute Gasteiger partial charge is 0.246 e. The van der Waals surface area contributed by atoms with Crippen molar-refractivity contribution in [2.75, 3.05) is 13.1 Å². The van der Waals surface area contributed by atoms with E-state index in [1.165, 1.54) is 19.3 Å². The quantitative estimate of drug-likeness (QED) is 0.762. The molecule has 98 valence electrons. The first-order chi connectivity index (χ1) is 8.00. The van der Waals surface area contributed by atoms with E-state index in [-0.39, 0.29) is 11.9 Å². The summed E-state index contributed by atoms with van der Waals surface area (Å²) in [6.45, 7) is 10.0. The summed E-state index contributed by atoms with van der Waals surface area (Å²) >= 11 is 0. The van der Waals surface area contributed by atoms with E-state index in [9.17, 15) is 4.79 Å². The molecule has 1 unspecified atom stereocenters. The molecule has 0 saturated carbocycles.